The van der Waals surface area contributed by atoms with E-state index in [-0.39, 0.29) is 23.5 Å². The summed E-state index contributed by atoms with van der Waals surface area (Å²) in [6, 6.07) is 8.56. The lowest BCUT2D eigenvalue weighted by Crippen LogP contribution is -2.45. The lowest BCUT2D eigenvalue weighted by Gasteiger charge is -2.35. The lowest BCUT2D eigenvalue weighted by atomic mass is 9.96. The van der Waals surface area contributed by atoms with Crippen molar-refractivity contribution in [2.75, 3.05) is 38.5 Å². The second-order valence-electron chi connectivity index (χ2n) is 8.78. The number of carboxylic acid groups (broad SMARTS) is 1. The van der Waals surface area contributed by atoms with Gasteiger partial charge in [0.15, 0.2) is 11.5 Å². The van der Waals surface area contributed by atoms with Crippen LogP contribution in [-0.2, 0) is 0 Å². The zero-order valence-electron chi connectivity index (χ0n) is 18.6. The quantitative estimate of drug-likeness (QED) is 0.434. The minimum Gasteiger partial charge on any atom is -0.486 e. The molecule has 0 spiro atoms. The van der Waals surface area contributed by atoms with Crippen LogP contribution >= 0.6 is 0 Å². The number of nitrogens with zero attached hydrogens (tertiary/aromatic N) is 2. The molecule has 0 radical (unpaired) electrons. The van der Waals surface area contributed by atoms with Crippen molar-refractivity contribution in [1.82, 2.24) is 20.2 Å². The number of hydrogen-bond donors (Lipinski definition) is 4. The molecule has 10 heteroatoms. The Morgan fingerprint density at radius 1 is 1.26 bits per heavy atom. The number of pyridine rings is 1. The average Bonchev–Trinajstić information content (AvgIpc) is 3.29. The first kappa shape index (κ1) is 22.0. The minimum atomic E-state index is -1.01. The van der Waals surface area contributed by atoms with E-state index in [2.05, 4.69) is 20.2 Å². The summed E-state index contributed by atoms with van der Waals surface area (Å²) >= 11 is 0. The fourth-order valence-electron chi connectivity index (χ4n) is 4.58. The van der Waals surface area contributed by atoms with Gasteiger partial charge in [-0.05, 0) is 62.2 Å². The zero-order valence-corrected chi connectivity index (χ0v) is 18.6. The Labute approximate surface area is 196 Å². The number of aromatic carboxylic acids is 1. The molecular formula is C24H27N5O5. The molecule has 1 atom stereocenters. The number of likely N-dealkylation sites (tertiary alicyclic amines) is 1. The van der Waals surface area contributed by atoms with Gasteiger partial charge in [-0.1, -0.05) is 0 Å². The van der Waals surface area contributed by atoms with Crippen LogP contribution in [0.2, 0.25) is 0 Å². The Hall–Kier alpha value is -3.79. The van der Waals surface area contributed by atoms with Gasteiger partial charge in [0.05, 0.1) is 11.1 Å². The minimum absolute atomic E-state index is 0.120. The maximum Gasteiger partial charge on any atom is 0.352 e. The summed E-state index contributed by atoms with van der Waals surface area (Å²) < 4.78 is 12.2. The number of benzene rings is 1. The van der Waals surface area contributed by atoms with E-state index < -0.39 is 5.97 Å². The molecule has 2 aromatic heterocycles. The molecule has 178 valence electrons. The number of aromatic amines is 1. The highest BCUT2D eigenvalue weighted by atomic mass is 16.6. The number of carbonyl (C=O) groups is 2. The number of nitrogens with one attached hydrogen (secondary N) is 2. The fraction of sp³-hybridized carbons (Fsp3) is 0.375. The van der Waals surface area contributed by atoms with Crippen LogP contribution < -0.4 is 20.5 Å². The number of nitrogen functional groups attached to an aromatic ring is 1. The van der Waals surface area contributed by atoms with Crippen molar-refractivity contribution in [2.45, 2.75) is 18.9 Å². The standard InChI is InChI=1S/C24H27N5O5/c25-22-16(2-1-7-26-22)23(30)27-11-14-5-8-29(9-6-14)12-15-13-33-20-4-3-18-17(21(20)34-15)10-19(28-18)24(31)32/h1-4,7,10,14-15,28H,5-6,8-9,11-13H2,(H2,25,26)(H,27,30)(H,31,32). The second-order valence-corrected chi connectivity index (χ2v) is 8.78. The van der Waals surface area contributed by atoms with Crippen molar-refractivity contribution in [3.8, 4) is 11.5 Å². The summed E-state index contributed by atoms with van der Waals surface area (Å²) in [5.41, 5.74) is 7.01. The molecule has 1 amide bonds. The van der Waals surface area contributed by atoms with Gasteiger partial charge in [0.2, 0.25) is 0 Å². The molecule has 1 aromatic carbocycles. The number of H-pyrrole nitrogens is 1. The van der Waals surface area contributed by atoms with E-state index in [1.807, 2.05) is 0 Å². The predicted molar refractivity (Wildman–Crippen MR) is 125 cm³/mol. The van der Waals surface area contributed by atoms with Crippen molar-refractivity contribution in [2.24, 2.45) is 5.92 Å². The summed E-state index contributed by atoms with van der Waals surface area (Å²) in [6.07, 6.45) is 3.36. The third kappa shape index (κ3) is 4.49. The maximum atomic E-state index is 12.4. The first-order valence-corrected chi connectivity index (χ1v) is 11.4. The number of fused-ring (bicyclic) bond motifs is 3. The molecule has 1 fully saturated rings. The first-order valence-electron chi connectivity index (χ1n) is 11.4. The average molecular weight is 466 g/mol. The van der Waals surface area contributed by atoms with Crippen molar-refractivity contribution < 1.29 is 24.2 Å². The van der Waals surface area contributed by atoms with Crippen LogP contribution in [-0.4, -0.2) is 70.7 Å². The van der Waals surface area contributed by atoms with Crippen molar-refractivity contribution in [1.29, 1.82) is 0 Å². The van der Waals surface area contributed by atoms with E-state index in [0.29, 0.717) is 47.0 Å². The van der Waals surface area contributed by atoms with Crippen LogP contribution in [0.4, 0.5) is 5.82 Å². The number of aromatic nitrogens is 2. The SMILES string of the molecule is Nc1ncccc1C(=O)NCC1CCN(CC2COc3ccc4[nH]c(C(=O)O)cc4c3O2)CC1. The number of ether oxygens (including phenoxy) is 2. The number of nitrogens with two attached hydrogens (primary N) is 1. The highest BCUT2D eigenvalue weighted by Gasteiger charge is 2.28. The molecule has 3 aromatic rings. The van der Waals surface area contributed by atoms with Gasteiger partial charge in [-0.3, -0.25) is 9.69 Å². The molecule has 1 unspecified atom stereocenters. The molecule has 2 aliphatic heterocycles. The second kappa shape index (κ2) is 9.22. The fourth-order valence-corrected chi connectivity index (χ4v) is 4.58. The molecule has 0 bridgehead atoms. The normalized spacial score (nSPS) is 18.6. The van der Waals surface area contributed by atoms with E-state index >= 15 is 0 Å². The molecule has 0 saturated carbocycles. The molecule has 1 saturated heterocycles. The number of amides is 1. The highest BCUT2D eigenvalue weighted by molar-refractivity contribution is 5.98. The molecule has 2 aliphatic rings. The number of carbonyl (C=O) groups excluding carboxylic acids is 1. The molecular weight excluding hydrogens is 438 g/mol. The molecule has 0 aliphatic carbocycles. The van der Waals surface area contributed by atoms with E-state index in [9.17, 15) is 14.7 Å². The van der Waals surface area contributed by atoms with Gasteiger partial charge >= 0.3 is 5.97 Å². The third-order valence-corrected chi connectivity index (χ3v) is 6.46. The highest BCUT2D eigenvalue weighted by Crippen LogP contribution is 2.39. The van der Waals surface area contributed by atoms with Crippen LogP contribution in [0.5, 0.6) is 11.5 Å². The van der Waals surface area contributed by atoms with Crippen LogP contribution in [0.3, 0.4) is 0 Å². The number of hydrogen-bond acceptors (Lipinski definition) is 7. The summed E-state index contributed by atoms with van der Waals surface area (Å²) in [4.78, 5) is 32.9. The van der Waals surface area contributed by atoms with Gasteiger partial charge in [-0.25, -0.2) is 9.78 Å². The van der Waals surface area contributed by atoms with Crippen molar-refractivity contribution in [3.63, 3.8) is 0 Å². The number of piperidine rings is 1. The van der Waals surface area contributed by atoms with Crippen LogP contribution in [0.25, 0.3) is 10.9 Å². The van der Waals surface area contributed by atoms with Crippen LogP contribution in [0.1, 0.15) is 33.7 Å². The van der Waals surface area contributed by atoms with Crippen molar-refractivity contribution >= 4 is 28.6 Å². The Kier molecular flexibility index (Phi) is 5.97. The zero-order chi connectivity index (χ0) is 23.7. The Bertz CT molecular complexity index is 1220. The number of carboxylic acids is 1. The van der Waals surface area contributed by atoms with Gasteiger partial charge in [0.25, 0.3) is 5.91 Å². The summed E-state index contributed by atoms with van der Waals surface area (Å²) in [5, 5.41) is 13.0. The van der Waals surface area contributed by atoms with E-state index in [0.717, 1.165) is 32.5 Å². The topological polar surface area (TPSA) is 143 Å². The van der Waals surface area contributed by atoms with Crippen LogP contribution in [0, 0.1) is 5.92 Å². The molecule has 10 nitrogen and oxygen atoms in total. The number of rotatable bonds is 6. The van der Waals surface area contributed by atoms with E-state index in [1.54, 1.807) is 36.5 Å². The van der Waals surface area contributed by atoms with Crippen molar-refractivity contribution in [3.05, 3.63) is 47.8 Å². The first-order chi connectivity index (χ1) is 16.5. The Morgan fingerprint density at radius 2 is 2.09 bits per heavy atom. The third-order valence-electron chi connectivity index (χ3n) is 6.46. The van der Waals surface area contributed by atoms with E-state index in [1.165, 1.54) is 0 Å². The monoisotopic (exact) mass is 465 g/mol. The van der Waals surface area contributed by atoms with E-state index in [4.69, 9.17) is 15.2 Å². The van der Waals surface area contributed by atoms with Gasteiger partial charge in [0, 0.05) is 24.7 Å². The van der Waals surface area contributed by atoms with Gasteiger partial charge < -0.3 is 30.6 Å². The van der Waals surface area contributed by atoms with Gasteiger partial charge in [-0.2, -0.15) is 0 Å². The summed E-state index contributed by atoms with van der Waals surface area (Å²) in [5.74, 6) is 0.648. The predicted octanol–water partition coefficient (Wildman–Crippen LogP) is 2.13. The maximum absolute atomic E-state index is 12.4. The molecule has 34 heavy (non-hydrogen) atoms. The lowest BCUT2D eigenvalue weighted by molar-refractivity contribution is 0.0490. The Morgan fingerprint density at radius 3 is 2.85 bits per heavy atom. The molecule has 5 N–H and O–H groups in total. The van der Waals surface area contributed by atoms with Gasteiger partial charge in [-0.15, -0.1) is 0 Å². The van der Waals surface area contributed by atoms with Gasteiger partial charge in [0.1, 0.15) is 24.2 Å². The number of anilines is 1. The van der Waals surface area contributed by atoms with Crippen LogP contribution in [0.15, 0.2) is 36.5 Å². The molecule has 5 rings (SSSR count). The largest absolute Gasteiger partial charge is 0.486 e. The smallest absolute Gasteiger partial charge is 0.352 e. The summed E-state index contributed by atoms with van der Waals surface area (Å²) in [6.45, 7) is 3.57. The Balaban J connectivity index is 1.13. The summed E-state index contributed by atoms with van der Waals surface area (Å²) in [7, 11) is 0. The molecule has 4 heterocycles.